The Kier molecular flexibility index (Phi) is 7.89. The first-order valence-corrected chi connectivity index (χ1v) is 9.26. The van der Waals surface area contributed by atoms with Gasteiger partial charge in [0.2, 0.25) is 0 Å². The van der Waals surface area contributed by atoms with E-state index in [9.17, 15) is 9.59 Å². The Morgan fingerprint density at radius 3 is 2.33 bits per heavy atom. The van der Waals surface area contributed by atoms with Crippen LogP contribution in [0.25, 0.3) is 0 Å². The first-order chi connectivity index (χ1) is 12.6. The molecule has 2 fully saturated rings. The Hall–Kier alpha value is -1.83. The summed E-state index contributed by atoms with van der Waals surface area (Å²) in [5.74, 6) is 0.0330. The highest BCUT2D eigenvalue weighted by Crippen LogP contribution is 2.21. The predicted octanol–water partition coefficient (Wildman–Crippen LogP) is 1.31. The van der Waals surface area contributed by atoms with Crippen molar-refractivity contribution >= 4 is 24.3 Å². The van der Waals surface area contributed by atoms with Gasteiger partial charge in [0, 0.05) is 46.3 Å². The fourth-order valence-electron chi connectivity index (χ4n) is 3.55. The highest BCUT2D eigenvalue weighted by molar-refractivity contribution is 5.85. The Bertz CT molecular complexity index is 623. The number of hydrogen-bond donors (Lipinski definition) is 1. The van der Waals surface area contributed by atoms with Crippen LogP contribution in [-0.2, 0) is 16.1 Å². The van der Waals surface area contributed by atoms with Crippen molar-refractivity contribution in [3.05, 3.63) is 35.9 Å². The van der Waals surface area contributed by atoms with Crippen molar-refractivity contribution in [1.82, 2.24) is 14.7 Å². The number of urea groups is 1. The molecule has 0 spiro atoms. The van der Waals surface area contributed by atoms with E-state index in [1.54, 1.807) is 4.90 Å². The molecule has 3 rings (SSSR count). The fourth-order valence-corrected chi connectivity index (χ4v) is 3.55. The topological polar surface area (TPSA) is 79.1 Å². The number of halogens is 1. The molecule has 2 atom stereocenters. The van der Waals surface area contributed by atoms with Crippen LogP contribution in [0.5, 0.6) is 0 Å². The highest BCUT2D eigenvalue weighted by atomic mass is 35.5. The number of carbonyl (C=O) groups is 2. The van der Waals surface area contributed by atoms with Gasteiger partial charge in [-0.3, -0.25) is 4.79 Å². The lowest BCUT2D eigenvalue weighted by molar-refractivity contribution is -0.144. The molecule has 3 amide bonds. The van der Waals surface area contributed by atoms with Crippen LogP contribution in [0, 0.1) is 0 Å². The Labute approximate surface area is 166 Å². The van der Waals surface area contributed by atoms with E-state index in [2.05, 4.69) is 0 Å². The molecule has 2 aliphatic heterocycles. The van der Waals surface area contributed by atoms with Crippen LogP contribution in [0.3, 0.4) is 0 Å². The van der Waals surface area contributed by atoms with Crippen LogP contribution in [0.2, 0.25) is 0 Å². The van der Waals surface area contributed by atoms with Crippen LogP contribution in [0.1, 0.15) is 18.4 Å². The van der Waals surface area contributed by atoms with E-state index < -0.39 is 0 Å². The van der Waals surface area contributed by atoms with Crippen LogP contribution in [-0.4, -0.2) is 78.6 Å². The fraction of sp³-hybridized carbons (Fsp3) is 0.579. The van der Waals surface area contributed by atoms with E-state index in [0.717, 1.165) is 18.4 Å². The van der Waals surface area contributed by atoms with Gasteiger partial charge in [-0.15, -0.1) is 12.4 Å². The summed E-state index contributed by atoms with van der Waals surface area (Å²) in [4.78, 5) is 30.5. The molecule has 0 aromatic heterocycles. The molecule has 2 N–H and O–H groups in total. The first kappa shape index (κ1) is 21.5. The van der Waals surface area contributed by atoms with Gasteiger partial charge in [0.1, 0.15) is 6.10 Å². The van der Waals surface area contributed by atoms with Gasteiger partial charge in [-0.1, -0.05) is 30.3 Å². The number of hydrogen-bond acceptors (Lipinski definition) is 4. The van der Waals surface area contributed by atoms with Crippen molar-refractivity contribution in [3.8, 4) is 0 Å². The second kappa shape index (κ2) is 9.92. The molecule has 1 aromatic carbocycles. The van der Waals surface area contributed by atoms with Gasteiger partial charge in [0.25, 0.3) is 5.91 Å². The molecule has 0 saturated carbocycles. The molecule has 2 heterocycles. The second-order valence-corrected chi connectivity index (χ2v) is 7.00. The quantitative estimate of drug-likeness (QED) is 0.832. The van der Waals surface area contributed by atoms with Crippen LogP contribution in [0.15, 0.2) is 30.3 Å². The molecular weight excluding hydrogens is 368 g/mol. The zero-order chi connectivity index (χ0) is 18.5. The molecule has 8 heteroatoms. The largest absolute Gasteiger partial charge is 0.364 e. The third kappa shape index (κ3) is 5.34. The minimum Gasteiger partial charge on any atom is -0.364 e. The molecular formula is C19H29ClN4O3. The summed E-state index contributed by atoms with van der Waals surface area (Å²) in [5.41, 5.74) is 6.71. The molecule has 2 aliphatic rings. The summed E-state index contributed by atoms with van der Waals surface area (Å²) in [7, 11) is 1.81. The molecule has 0 aliphatic carbocycles. The molecule has 0 radical (unpaired) electrons. The summed E-state index contributed by atoms with van der Waals surface area (Å²) in [6.07, 6.45) is 1.21. The lowest BCUT2D eigenvalue weighted by Gasteiger charge is -2.37. The van der Waals surface area contributed by atoms with E-state index in [-0.39, 0.29) is 36.6 Å². The third-order valence-corrected chi connectivity index (χ3v) is 5.10. The Balaban J connectivity index is 0.00000261. The van der Waals surface area contributed by atoms with E-state index in [1.165, 1.54) is 0 Å². The van der Waals surface area contributed by atoms with Crippen molar-refractivity contribution in [2.24, 2.45) is 5.73 Å². The van der Waals surface area contributed by atoms with Crippen molar-refractivity contribution in [3.63, 3.8) is 0 Å². The van der Waals surface area contributed by atoms with Crippen LogP contribution >= 0.6 is 12.4 Å². The summed E-state index contributed by atoms with van der Waals surface area (Å²) in [6, 6.07) is 9.93. The maximum Gasteiger partial charge on any atom is 0.320 e. The normalized spacial score (nSPS) is 22.3. The van der Waals surface area contributed by atoms with E-state index >= 15 is 0 Å². The molecule has 7 nitrogen and oxygen atoms in total. The maximum absolute atomic E-state index is 12.6. The Morgan fingerprint density at radius 1 is 1.11 bits per heavy atom. The number of nitrogens with zero attached hydrogens (tertiary/aromatic N) is 3. The number of nitrogens with two attached hydrogens (primary N) is 1. The van der Waals surface area contributed by atoms with Gasteiger partial charge in [0.15, 0.2) is 0 Å². The van der Waals surface area contributed by atoms with E-state index in [0.29, 0.717) is 39.3 Å². The first-order valence-electron chi connectivity index (χ1n) is 9.26. The summed E-state index contributed by atoms with van der Waals surface area (Å²) >= 11 is 0. The van der Waals surface area contributed by atoms with Gasteiger partial charge in [0.05, 0.1) is 6.10 Å². The smallest absolute Gasteiger partial charge is 0.320 e. The zero-order valence-electron chi connectivity index (χ0n) is 15.8. The van der Waals surface area contributed by atoms with E-state index in [4.69, 9.17) is 10.5 Å². The highest BCUT2D eigenvalue weighted by Gasteiger charge is 2.34. The van der Waals surface area contributed by atoms with Crippen molar-refractivity contribution in [1.29, 1.82) is 0 Å². The average Bonchev–Trinajstić information content (AvgIpc) is 3.17. The van der Waals surface area contributed by atoms with Gasteiger partial charge in [-0.25, -0.2) is 4.79 Å². The zero-order valence-corrected chi connectivity index (χ0v) is 16.6. The number of benzene rings is 1. The molecule has 0 bridgehead atoms. The van der Waals surface area contributed by atoms with Gasteiger partial charge >= 0.3 is 6.03 Å². The van der Waals surface area contributed by atoms with E-state index in [1.807, 2.05) is 47.2 Å². The second-order valence-electron chi connectivity index (χ2n) is 7.00. The lowest BCUT2D eigenvalue weighted by atomic mass is 10.1. The van der Waals surface area contributed by atoms with Gasteiger partial charge in [-0.05, 0) is 18.4 Å². The van der Waals surface area contributed by atoms with Crippen molar-refractivity contribution < 1.29 is 14.3 Å². The standard InChI is InChI=1S/C19H28N4O3.ClH/c1-21(14-15-5-3-2-4-6-15)19(25)23-11-9-22(10-12-23)18(24)17-8-7-16(13-20)26-17;/h2-6,16-17H,7-14,20H2,1H3;1H/t16-,17+;/m1./s1. The monoisotopic (exact) mass is 396 g/mol. The van der Waals surface area contributed by atoms with Crippen LogP contribution < -0.4 is 5.73 Å². The average molecular weight is 397 g/mol. The number of piperazine rings is 1. The summed E-state index contributed by atoms with van der Waals surface area (Å²) in [6.45, 7) is 3.25. The van der Waals surface area contributed by atoms with Crippen molar-refractivity contribution in [2.75, 3.05) is 39.8 Å². The maximum atomic E-state index is 12.6. The van der Waals surface area contributed by atoms with Gasteiger partial charge < -0.3 is 25.2 Å². The predicted molar refractivity (Wildman–Crippen MR) is 106 cm³/mol. The number of ether oxygens (including phenoxy) is 1. The molecule has 150 valence electrons. The SMILES string of the molecule is CN(Cc1ccccc1)C(=O)N1CCN(C(=O)[C@@H]2CC[C@H](CN)O2)CC1.Cl. The van der Waals surface area contributed by atoms with Crippen LogP contribution in [0.4, 0.5) is 4.79 Å². The minimum absolute atomic E-state index is 0. The molecule has 27 heavy (non-hydrogen) atoms. The Morgan fingerprint density at radius 2 is 1.74 bits per heavy atom. The van der Waals surface area contributed by atoms with Gasteiger partial charge in [-0.2, -0.15) is 0 Å². The minimum atomic E-state index is -0.369. The molecule has 1 aromatic rings. The number of rotatable bonds is 4. The number of carbonyl (C=O) groups excluding carboxylic acids is 2. The number of amides is 3. The molecule has 2 saturated heterocycles. The summed E-state index contributed by atoms with van der Waals surface area (Å²) < 4.78 is 5.70. The molecule has 0 unspecified atom stereocenters. The third-order valence-electron chi connectivity index (χ3n) is 5.10. The summed E-state index contributed by atoms with van der Waals surface area (Å²) in [5, 5.41) is 0. The lowest BCUT2D eigenvalue weighted by Crippen LogP contribution is -2.55. The van der Waals surface area contributed by atoms with Crippen molar-refractivity contribution in [2.45, 2.75) is 31.6 Å².